The number of rotatable bonds is 12. The third kappa shape index (κ3) is 6.70. The lowest BCUT2D eigenvalue weighted by atomic mass is 10.0. The van der Waals surface area contributed by atoms with Gasteiger partial charge < -0.3 is 29.6 Å². The van der Waals surface area contributed by atoms with Crippen molar-refractivity contribution in [3.63, 3.8) is 0 Å². The van der Waals surface area contributed by atoms with Crippen LogP contribution in [0.5, 0.6) is 11.6 Å². The zero-order chi connectivity index (χ0) is 29.0. The molecule has 1 unspecified atom stereocenters. The van der Waals surface area contributed by atoms with E-state index in [1.54, 1.807) is 55.7 Å². The molecule has 0 spiro atoms. The van der Waals surface area contributed by atoms with Gasteiger partial charge in [0, 0.05) is 5.92 Å². The summed E-state index contributed by atoms with van der Waals surface area (Å²) in [5.41, 5.74) is 6.65. The summed E-state index contributed by atoms with van der Waals surface area (Å²) in [6.45, 7) is 8.55. The second kappa shape index (κ2) is 12.5. The number of aromatic nitrogens is 4. The van der Waals surface area contributed by atoms with Gasteiger partial charge in [-0.15, -0.1) is 0 Å². The maximum atomic E-state index is 13.8. The molecule has 1 aromatic carbocycles. The number of imidazole rings is 1. The number of anilines is 1. The van der Waals surface area contributed by atoms with Crippen LogP contribution in [0, 0.1) is 5.92 Å². The molecule has 0 aliphatic carbocycles. The van der Waals surface area contributed by atoms with E-state index < -0.39 is 44.1 Å². The van der Waals surface area contributed by atoms with E-state index in [0.717, 1.165) is 0 Å². The second-order valence-electron chi connectivity index (χ2n) is 9.59. The summed E-state index contributed by atoms with van der Waals surface area (Å²) >= 11 is 0. The Morgan fingerprint density at radius 3 is 2.65 bits per heavy atom. The van der Waals surface area contributed by atoms with Crippen molar-refractivity contribution in [2.24, 2.45) is 5.92 Å². The molecule has 3 aromatic rings. The van der Waals surface area contributed by atoms with Crippen molar-refractivity contribution in [3.8, 4) is 11.6 Å². The van der Waals surface area contributed by atoms with E-state index in [2.05, 4.69) is 20.0 Å². The second-order valence-corrected chi connectivity index (χ2v) is 11.3. The van der Waals surface area contributed by atoms with E-state index in [4.69, 9.17) is 29.0 Å². The van der Waals surface area contributed by atoms with Crippen molar-refractivity contribution in [3.05, 3.63) is 36.7 Å². The van der Waals surface area contributed by atoms with E-state index in [1.807, 2.05) is 6.92 Å². The van der Waals surface area contributed by atoms with Gasteiger partial charge in [0.05, 0.1) is 31.7 Å². The van der Waals surface area contributed by atoms with Crippen LogP contribution < -0.4 is 20.1 Å². The Morgan fingerprint density at radius 2 is 1.98 bits per heavy atom. The first-order chi connectivity index (χ1) is 19.0. The predicted molar refractivity (Wildman–Crippen MR) is 144 cm³/mol. The molecule has 2 aromatic heterocycles. The number of hydrogen-bond acceptors (Lipinski definition) is 12. The van der Waals surface area contributed by atoms with Crippen molar-refractivity contribution >= 4 is 30.8 Å². The number of ether oxygens (including phenoxy) is 3. The van der Waals surface area contributed by atoms with Gasteiger partial charge in [-0.05, 0) is 39.8 Å². The zero-order valence-corrected chi connectivity index (χ0v) is 23.9. The molecule has 6 atom stereocenters. The van der Waals surface area contributed by atoms with Gasteiger partial charge in [-0.2, -0.15) is 15.1 Å². The van der Waals surface area contributed by atoms with E-state index in [-0.39, 0.29) is 30.3 Å². The minimum atomic E-state index is -4.15. The smallest absolute Gasteiger partial charge is 0.459 e. The van der Waals surface area contributed by atoms with Gasteiger partial charge in [0.15, 0.2) is 11.2 Å². The molecule has 1 saturated heterocycles. The lowest BCUT2D eigenvalue weighted by molar-refractivity contribution is -0.149. The van der Waals surface area contributed by atoms with Crippen LogP contribution in [0.1, 0.15) is 40.8 Å². The third-order valence-electron chi connectivity index (χ3n) is 6.08. The molecule has 1 aliphatic rings. The topological polar surface area (TPSA) is 182 Å². The van der Waals surface area contributed by atoms with Gasteiger partial charge in [-0.3, -0.25) is 13.9 Å². The predicted octanol–water partition coefficient (Wildman–Crippen LogP) is 2.83. The molecular weight excluding hydrogens is 543 g/mol. The molecule has 3 heterocycles. The van der Waals surface area contributed by atoms with E-state index in [9.17, 15) is 14.5 Å². The number of aliphatic hydroxyl groups excluding tert-OH is 1. The largest absolute Gasteiger partial charge is 0.476 e. The molecule has 218 valence electrons. The number of benzene rings is 1. The molecule has 1 aliphatic heterocycles. The van der Waals surface area contributed by atoms with Gasteiger partial charge in [0.2, 0.25) is 11.8 Å². The Labute approximate surface area is 231 Å². The fourth-order valence-electron chi connectivity index (χ4n) is 4.18. The molecule has 4 N–H and O–H groups in total. The van der Waals surface area contributed by atoms with Gasteiger partial charge >= 0.3 is 13.7 Å². The first-order valence-corrected chi connectivity index (χ1v) is 14.5. The van der Waals surface area contributed by atoms with Crippen LogP contribution in [0.25, 0.3) is 11.2 Å². The Morgan fingerprint density at radius 1 is 1.25 bits per heavy atom. The number of aliphatic hydroxyl groups is 1. The quantitative estimate of drug-likeness (QED) is 0.211. The number of nitrogens with one attached hydrogen (secondary N) is 1. The van der Waals surface area contributed by atoms with Crippen LogP contribution in [0.3, 0.4) is 0 Å². The number of hydrogen-bond donors (Lipinski definition) is 3. The fraction of sp³-hybridized carbons (Fsp3) is 0.520. The van der Waals surface area contributed by atoms with Crippen LogP contribution in [0.15, 0.2) is 36.7 Å². The minimum absolute atomic E-state index is 0.000955. The number of esters is 1. The summed E-state index contributed by atoms with van der Waals surface area (Å²) in [7, 11) is -4.15. The molecule has 0 radical (unpaired) electrons. The fourth-order valence-corrected chi connectivity index (χ4v) is 5.69. The number of nitrogens with two attached hydrogens (primary N) is 1. The summed E-state index contributed by atoms with van der Waals surface area (Å²) < 4.78 is 43.7. The molecule has 1 fully saturated rings. The molecule has 0 saturated carbocycles. The van der Waals surface area contributed by atoms with Gasteiger partial charge in [0.1, 0.15) is 24.1 Å². The maximum absolute atomic E-state index is 13.8. The van der Waals surface area contributed by atoms with Gasteiger partial charge in [-0.1, -0.05) is 25.1 Å². The Bertz CT molecular complexity index is 1360. The highest BCUT2D eigenvalue weighted by atomic mass is 31.2. The van der Waals surface area contributed by atoms with E-state index in [1.165, 1.54) is 13.3 Å². The molecule has 0 amide bonds. The third-order valence-corrected chi connectivity index (χ3v) is 7.72. The summed E-state index contributed by atoms with van der Waals surface area (Å²) in [5.74, 6) is -0.570. The number of carbonyl (C=O) groups is 1. The first-order valence-electron chi connectivity index (χ1n) is 12.9. The Balaban J connectivity index is 1.52. The van der Waals surface area contributed by atoms with Crippen molar-refractivity contribution in [2.75, 3.05) is 18.9 Å². The van der Waals surface area contributed by atoms with Crippen LogP contribution >= 0.6 is 7.75 Å². The molecule has 40 heavy (non-hydrogen) atoms. The molecule has 0 bridgehead atoms. The first kappa shape index (κ1) is 29.7. The van der Waals surface area contributed by atoms with Crippen LogP contribution in [-0.2, 0) is 23.4 Å². The van der Waals surface area contributed by atoms with Gasteiger partial charge in [0.25, 0.3) is 0 Å². The highest BCUT2D eigenvalue weighted by Crippen LogP contribution is 2.46. The SMILES string of the molecule is CCOc1nc(N)nc2c1ncn2[C@@H]1O[C@H](COP(=O)(N[C@H](C)C(=O)OC(C)C)Oc2ccccc2)[C@@H](O)[C@@H]1C. The lowest BCUT2D eigenvalue weighted by Gasteiger charge is -2.25. The minimum Gasteiger partial charge on any atom is -0.476 e. The number of para-hydroxylation sites is 1. The van der Waals surface area contributed by atoms with Crippen molar-refractivity contribution in [2.45, 2.75) is 65.2 Å². The summed E-state index contributed by atoms with van der Waals surface area (Å²) in [5, 5.41) is 13.6. The average molecular weight is 579 g/mol. The Kier molecular flexibility index (Phi) is 9.26. The van der Waals surface area contributed by atoms with Crippen LogP contribution in [0.2, 0.25) is 0 Å². The van der Waals surface area contributed by atoms with E-state index in [0.29, 0.717) is 17.8 Å². The summed E-state index contributed by atoms with van der Waals surface area (Å²) in [6.07, 6.45) is -1.49. The summed E-state index contributed by atoms with van der Waals surface area (Å²) in [6, 6.07) is 7.36. The number of nitrogen functional groups attached to an aromatic ring is 1. The van der Waals surface area contributed by atoms with Gasteiger partial charge in [-0.25, -0.2) is 9.55 Å². The zero-order valence-electron chi connectivity index (χ0n) is 23.0. The standard InChI is InChI=1S/C25H35N6O8P/c1-6-35-22-19-21(28-25(26)29-22)31(13-27-19)23-15(4)20(32)18(38-23)12-36-40(34,39-17-10-8-7-9-11-17)30-16(5)24(33)37-14(2)3/h7-11,13-16,18,20,23,32H,6,12H2,1-5H3,(H,30,34)(H2,26,28,29)/t15-,16+,18+,20-,23+,40?/m0/s1. The number of nitrogens with zero attached hydrogens (tertiary/aromatic N) is 4. The van der Waals surface area contributed by atoms with Crippen LogP contribution in [0.4, 0.5) is 5.95 Å². The van der Waals surface area contributed by atoms with E-state index >= 15 is 0 Å². The number of fused-ring (bicyclic) bond motifs is 1. The molecule has 14 nitrogen and oxygen atoms in total. The van der Waals surface area contributed by atoms with Crippen molar-refractivity contribution in [1.82, 2.24) is 24.6 Å². The molecule has 15 heteroatoms. The van der Waals surface area contributed by atoms with Crippen LogP contribution in [-0.4, -0.2) is 68.2 Å². The maximum Gasteiger partial charge on any atom is 0.459 e. The molecular formula is C25H35N6O8P. The monoisotopic (exact) mass is 578 g/mol. The summed E-state index contributed by atoms with van der Waals surface area (Å²) in [4.78, 5) is 25.1. The van der Waals surface area contributed by atoms with Crippen molar-refractivity contribution < 1.29 is 37.7 Å². The number of carbonyl (C=O) groups excluding carboxylic acids is 1. The highest BCUT2D eigenvalue weighted by molar-refractivity contribution is 7.52. The van der Waals surface area contributed by atoms with Crippen molar-refractivity contribution in [1.29, 1.82) is 0 Å². The lowest BCUT2D eigenvalue weighted by Crippen LogP contribution is -2.37. The molecule has 4 rings (SSSR count). The highest BCUT2D eigenvalue weighted by Gasteiger charge is 2.44. The normalized spacial score (nSPS) is 23.2. The Hall–Kier alpha value is -3.29. The average Bonchev–Trinajstić information content (AvgIpc) is 3.43.